The number of hydrogen-bond donors (Lipinski definition) is 0. The predicted octanol–water partition coefficient (Wildman–Crippen LogP) is 2.65. The fourth-order valence-corrected chi connectivity index (χ4v) is 4.65. The van der Waals surface area contributed by atoms with E-state index in [1.165, 1.54) is 0 Å². The highest BCUT2D eigenvalue weighted by molar-refractivity contribution is 6.00. The minimum atomic E-state index is -0.660. The molecule has 2 aromatic rings. The summed E-state index contributed by atoms with van der Waals surface area (Å²) >= 11 is 0. The molecule has 1 unspecified atom stereocenters. The van der Waals surface area contributed by atoms with Crippen LogP contribution in [0.4, 0.5) is 0 Å². The molecule has 0 aliphatic carbocycles. The van der Waals surface area contributed by atoms with Crippen molar-refractivity contribution in [1.29, 1.82) is 0 Å². The zero-order valence-electron chi connectivity index (χ0n) is 15.6. The van der Waals surface area contributed by atoms with Gasteiger partial charge in [-0.2, -0.15) is 0 Å². The van der Waals surface area contributed by atoms with Gasteiger partial charge in [-0.15, -0.1) is 0 Å². The molecule has 2 aliphatic rings. The van der Waals surface area contributed by atoms with Crippen LogP contribution in [0.1, 0.15) is 55.2 Å². The quantitative estimate of drug-likeness (QED) is 0.851. The van der Waals surface area contributed by atoms with Crippen molar-refractivity contribution in [3.8, 4) is 0 Å². The number of carbonyl (C=O) groups is 2. The zero-order valence-corrected chi connectivity index (χ0v) is 15.6. The summed E-state index contributed by atoms with van der Waals surface area (Å²) in [5.41, 5.74) is 1.41. The van der Waals surface area contributed by atoms with Gasteiger partial charge in [-0.05, 0) is 51.2 Å². The SMILES string of the molecule is CCCN1CCCC2(CCCN2C(=O)c2nc3ccccn3c2C)C1=O. The van der Waals surface area contributed by atoms with Gasteiger partial charge in [-0.25, -0.2) is 4.98 Å². The van der Waals surface area contributed by atoms with Crippen molar-refractivity contribution in [2.24, 2.45) is 0 Å². The molecule has 6 heteroatoms. The van der Waals surface area contributed by atoms with E-state index in [0.29, 0.717) is 12.2 Å². The van der Waals surface area contributed by atoms with E-state index < -0.39 is 5.54 Å². The Morgan fingerprint density at radius 1 is 1.23 bits per heavy atom. The second-order valence-corrected chi connectivity index (χ2v) is 7.46. The van der Waals surface area contributed by atoms with Crippen molar-refractivity contribution in [2.75, 3.05) is 19.6 Å². The van der Waals surface area contributed by atoms with Crippen molar-refractivity contribution < 1.29 is 9.59 Å². The Balaban J connectivity index is 1.70. The van der Waals surface area contributed by atoms with Gasteiger partial charge in [-0.1, -0.05) is 13.0 Å². The maximum Gasteiger partial charge on any atom is 0.275 e. The number of fused-ring (bicyclic) bond motifs is 1. The fraction of sp³-hybridized carbons (Fsp3) is 0.550. The number of pyridine rings is 1. The Hall–Kier alpha value is -2.37. The van der Waals surface area contributed by atoms with E-state index in [0.717, 1.165) is 56.5 Å². The van der Waals surface area contributed by atoms with Gasteiger partial charge in [0.2, 0.25) is 5.91 Å². The lowest BCUT2D eigenvalue weighted by Gasteiger charge is -2.44. The number of imidazole rings is 1. The fourth-order valence-electron chi connectivity index (χ4n) is 4.65. The number of likely N-dealkylation sites (tertiary alicyclic amines) is 2. The Labute approximate surface area is 153 Å². The molecule has 1 atom stereocenters. The van der Waals surface area contributed by atoms with E-state index in [9.17, 15) is 9.59 Å². The molecule has 4 rings (SSSR count). The normalized spacial score (nSPS) is 23.4. The third-order valence-electron chi connectivity index (χ3n) is 5.90. The second-order valence-electron chi connectivity index (χ2n) is 7.46. The maximum atomic E-state index is 13.4. The lowest BCUT2D eigenvalue weighted by Crippen LogP contribution is -2.61. The number of aromatic nitrogens is 2. The number of piperidine rings is 1. The number of aryl methyl sites for hydroxylation is 1. The molecule has 2 amide bonds. The number of carbonyl (C=O) groups excluding carboxylic acids is 2. The molecule has 2 aromatic heterocycles. The molecule has 0 saturated carbocycles. The molecule has 2 saturated heterocycles. The highest BCUT2D eigenvalue weighted by atomic mass is 16.2. The number of rotatable bonds is 3. The van der Waals surface area contributed by atoms with E-state index in [4.69, 9.17) is 0 Å². The van der Waals surface area contributed by atoms with Gasteiger partial charge in [0.25, 0.3) is 5.91 Å². The van der Waals surface area contributed by atoms with Gasteiger partial charge in [0, 0.05) is 25.8 Å². The van der Waals surface area contributed by atoms with Crippen LogP contribution in [0.3, 0.4) is 0 Å². The van der Waals surface area contributed by atoms with E-state index in [-0.39, 0.29) is 11.8 Å². The van der Waals surface area contributed by atoms with E-state index in [2.05, 4.69) is 11.9 Å². The maximum absolute atomic E-state index is 13.4. The molecule has 26 heavy (non-hydrogen) atoms. The first kappa shape index (κ1) is 17.1. The van der Waals surface area contributed by atoms with Crippen LogP contribution in [0.2, 0.25) is 0 Å². The second kappa shape index (κ2) is 6.41. The minimum Gasteiger partial charge on any atom is -0.341 e. The third-order valence-corrected chi connectivity index (χ3v) is 5.90. The molecular weight excluding hydrogens is 328 g/mol. The highest BCUT2D eigenvalue weighted by Crippen LogP contribution is 2.39. The lowest BCUT2D eigenvalue weighted by molar-refractivity contribution is -0.145. The van der Waals surface area contributed by atoms with Crippen molar-refractivity contribution in [2.45, 2.75) is 51.5 Å². The van der Waals surface area contributed by atoms with Gasteiger partial charge >= 0.3 is 0 Å². The largest absolute Gasteiger partial charge is 0.341 e. The van der Waals surface area contributed by atoms with Crippen molar-refractivity contribution in [3.63, 3.8) is 0 Å². The Kier molecular flexibility index (Phi) is 4.21. The molecule has 138 valence electrons. The first-order chi connectivity index (χ1) is 12.6. The Morgan fingerprint density at radius 2 is 2.00 bits per heavy atom. The molecule has 4 heterocycles. The summed E-state index contributed by atoms with van der Waals surface area (Å²) in [6.07, 6.45) is 6.24. The van der Waals surface area contributed by atoms with E-state index in [1.54, 1.807) is 0 Å². The highest BCUT2D eigenvalue weighted by Gasteiger charge is 2.53. The topological polar surface area (TPSA) is 57.9 Å². The van der Waals surface area contributed by atoms with Crippen molar-refractivity contribution in [1.82, 2.24) is 19.2 Å². The molecule has 6 nitrogen and oxygen atoms in total. The molecule has 0 N–H and O–H groups in total. The predicted molar refractivity (Wildman–Crippen MR) is 99.0 cm³/mol. The number of nitrogens with zero attached hydrogens (tertiary/aromatic N) is 4. The van der Waals surface area contributed by atoms with Crippen LogP contribution in [0.5, 0.6) is 0 Å². The average Bonchev–Trinajstić information content (AvgIpc) is 3.21. The Morgan fingerprint density at radius 3 is 2.73 bits per heavy atom. The summed E-state index contributed by atoms with van der Waals surface area (Å²) < 4.78 is 1.93. The van der Waals surface area contributed by atoms with Gasteiger partial charge in [0.15, 0.2) is 0 Å². The standard InChI is InChI=1S/C20H26N4O2/c1-3-11-22-12-6-9-20(19(22)26)10-7-14-24(20)18(25)17-15(2)23-13-5-4-8-16(23)21-17/h4-5,8,13H,3,6-7,9-12,14H2,1-2H3. The molecular formula is C20H26N4O2. The summed E-state index contributed by atoms with van der Waals surface area (Å²) in [5, 5.41) is 0. The van der Waals surface area contributed by atoms with Gasteiger partial charge in [0.05, 0.1) is 5.69 Å². The van der Waals surface area contributed by atoms with Crippen LogP contribution in [0, 0.1) is 6.92 Å². The smallest absolute Gasteiger partial charge is 0.275 e. The summed E-state index contributed by atoms with van der Waals surface area (Å²) in [6, 6.07) is 5.75. The first-order valence-corrected chi connectivity index (χ1v) is 9.63. The summed E-state index contributed by atoms with van der Waals surface area (Å²) in [6.45, 7) is 6.23. The molecule has 0 radical (unpaired) electrons. The van der Waals surface area contributed by atoms with Gasteiger partial charge in [0.1, 0.15) is 16.9 Å². The van der Waals surface area contributed by atoms with Crippen LogP contribution in [-0.4, -0.2) is 56.2 Å². The first-order valence-electron chi connectivity index (χ1n) is 9.63. The van der Waals surface area contributed by atoms with Gasteiger partial charge < -0.3 is 14.2 Å². The summed E-state index contributed by atoms with van der Waals surface area (Å²) in [4.78, 5) is 35.0. The lowest BCUT2D eigenvalue weighted by atomic mass is 9.85. The monoisotopic (exact) mass is 354 g/mol. The van der Waals surface area contributed by atoms with Gasteiger partial charge in [-0.3, -0.25) is 9.59 Å². The number of hydrogen-bond acceptors (Lipinski definition) is 3. The molecule has 0 bridgehead atoms. The Bertz CT molecular complexity index is 857. The minimum absolute atomic E-state index is 0.101. The van der Waals surface area contributed by atoms with Crippen LogP contribution < -0.4 is 0 Å². The van der Waals surface area contributed by atoms with Crippen molar-refractivity contribution >= 4 is 17.5 Å². The zero-order chi connectivity index (χ0) is 18.3. The summed E-state index contributed by atoms with van der Waals surface area (Å²) in [5.74, 6) is 0.0354. The number of amides is 2. The van der Waals surface area contributed by atoms with Crippen LogP contribution in [0.15, 0.2) is 24.4 Å². The van der Waals surface area contributed by atoms with Crippen molar-refractivity contribution in [3.05, 3.63) is 35.8 Å². The van der Waals surface area contributed by atoms with Crippen LogP contribution >= 0.6 is 0 Å². The van der Waals surface area contributed by atoms with E-state index in [1.807, 2.05) is 45.5 Å². The summed E-state index contributed by atoms with van der Waals surface area (Å²) in [7, 11) is 0. The average molecular weight is 354 g/mol. The van der Waals surface area contributed by atoms with E-state index >= 15 is 0 Å². The third kappa shape index (κ3) is 2.42. The molecule has 2 fully saturated rings. The molecule has 1 spiro atoms. The molecule has 0 aromatic carbocycles. The van der Waals surface area contributed by atoms with Crippen LogP contribution in [0.25, 0.3) is 5.65 Å². The molecule has 2 aliphatic heterocycles. The van der Waals surface area contributed by atoms with Crippen LogP contribution in [-0.2, 0) is 4.79 Å².